The van der Waals surface area contributed by atoms with E-state index in [0.717, 1.165) is 0 Å². The van der Waals surface area contributed by atoms with E-state index in [0.29, 0.717) is 30.6 Å². The maximum absolute atomic E-state index is 13.2. The number of hydrogen-bond acceptors (Lipinski definition) is 3. The number of benzene rings is 1. The van der Waals surface area contributed by atoms with Gasteiger partial charge in [-0.1, -0.05) is 0 Å². The van der Waals surface area contributed by atoms with Crippen molar-refractivity contribution in [3.05, 3.63) is 46.0 Å². The van der Waals surface area contributed by atoms with Crippen LogP contribution in [-0.4, -0.2) is 41.6 Å². The van der Waals surface area contributed by atoms with E-state index in [2.05, 4.69) is 4.98 Å². The maximum atomic E-state index is 13.2. The molecule has 1 aromatic heterocycles. The number of nitrogens with zero attached hydrogens (tertiary/aromatic N) is 1. The minimum Gasteiger partial charge on any atom is -0.375 e. The molecule has 0 spiro atoms. The molecule has 1 aromatic carbocycles. The molecule has 5 nitrogen and oxygen atoms in total. The third-order valence-electron chi connectivity index (χ3n) is 3.57. The predicted octanol–water partition coefficient (Wildman–Crippen LogP) is 1.53. The Labute approximate surface area is 120 Å². The number of carbonyl (C=O) groups excluding carboxylic acids is 1. The van der Waals surface area contributed by atoms with Crippen LogP contribution in [0.1, 0.15) is 17.3 Å². The van der Waals surface area contributed by atoms with Crippen LogP contribution < -0.4 is 5.56 Å². The summed E-state index contributed by atoms with van der Waals surface area (Å²) >= 11 is 0. The zero-order valence-corrected chi connectivity index (χ0v) is 11.6. The Morgan fingerprint density at radius 1 is 1.43 bits per heavy atom. The summed E-state index contributed by atoms with van der Waals surface area (Å²) in [6, 6.07) is 5.59. The van der Waals surface area contributed by atoms with E-state index in [1.165, 1.54) is 18.2 Å². The van der Waals surface area contributed by atoms with Crippen LogP contribution in [0.15, 0.2) is 29.1 Å². The molecule has 0 saturated carbocycles. The number of morpholine rings is 1. The first-order valence-corrected chi connectivity index (χ1v) is 6.78. The monoisotopic (exact) mass is 290 g/mol. The molecule has 0 bridgehead atoms. The van der Waals surface area contributed by atoms with Gasteiger partial charge in [0.2, 0.25) is 0 Å². The van der Waals surface area contributed by atoms with E-state index in [1.54, 1.807) is 11.0 Å². The Bertz CT molecular complexity index is 756. The molecule has 3 rings (SSSR count). The highest BCUT2D eigenvalue weighted by atomic mass is 19.1. The minimum absolute atomic E-state index is 0.0451. The highest BCUT2D eigenvalue weighted by Gasteiger charge is 2.24. The van der Waals surface area contributed by atoms with Gasteiger partial charge in [-0.25, -0.2) is 4.39 Å². The molecule has 6 heteroatoms. The molecule has 1 atom stereocenters. The number of aromatic nitrogens is 1. The van der Waals surface area contributed by atoms with Gasteiger partial charge in [0.1, 0.15) is 11.4 Å². The second-order valence-electron chi connectivity index (χ2n) is 5.18. The van der Waals surface area contributed by atoms with Crippen LogP contribution in [-0.2, 0) is 4.74 Å². The fourth-order valence-electron chi connectivity index (χ4n) is 2.51. The van der Waals surface area contributed by atoms with Crippen LogP contribution in [0.3, 0.4) is 0 Å². The summed E-state index contributed by atoms with van der Waals surface area (Å²) in [7, 11) is 0. The zero-order chi connectivity index (χ0) is 15.0. The largest absolute Gasteiger partial charge is 0.375 e. The quantitative estimate of drug-likeness (QED) is 0.866. The molecule has 0 radical (unpaired) electrons. The Morgan fingerprint density at radius 2 is 2.24 bits per heavy atom. The number of nitrogens with one attached hydrogen (secondary N) is 1. The first-order chi connectivity index (χ1) is 10.0. The molecule has 0 aliphatic carbocycles. The van der Waals surface area contributed by atoms with Crippen LogP contribution in [0, 0.1) is 5.82 Å². The van der Waals surface area contributed by atoms with Gasteiger partial charge >= 0.3 is 0 Å². The Morgan fingerprint density at radius 3 is 3.00 bits per heavy atom. The summed E-state index contributed by atoms with van der Waals surface area (Å²) < 4.78 is 18.5. The summed E-state index contributed by atoms with van der Waals surface area (Å²) in [5.41, 5.74) is -0.0488. The Kier molecular flexibility index (Phi) is 3.47. The Hall–Kier alpha value is -2.21. The second-order valence-corrected chi connectivity index (χ2v) is 5.18. The average Bonchev–Trinajstić information content (AvgIpc) is 2.45. The molecule has 21 heavy (non-hydrogen) atoms. The summed E-state index contributed by atoms with van der Waals surface area (Å²) in [6.45, 7) is 3.26. The lowest BCUT2D eigenvalue weighted by atomic mass is 10.1. The van der Waals surface area contributed by atoms with Crippen LogP contribution in [0.2, 0.25) is 0 Å². The van der Waals surface area contributed by atoms with Crippen molar-refractivity contribution in [1.82, 2.24) is 9.88 Å². The van der Waals surface area contributed by atoms with Crippen molar-refractivity contribution in [3.8, 4) is 0 Å². The molecule has 2 heterocycles. The molecule has 1 fully saturated rings. The van der Waals surface area contributed by atoms with Crippen molar-refractivity contribution in [1.29, 1.82) is 0 Å². The topological polar surface area (TPSA) is 62.4 Å². The second kappa shape index (κ2) is 5.29. The maximum Gasteiger partial charge on any atom is 0.261 e. The van der Waals surface area contributed by atoms with E-state index in [9.17, 15) is 14.0 Å². The van der Waals surface area contributed by atoms with Crippen molar-refractivity contribution in [3.63, 3.8) is 0 Å². The molecule has 1 amide bonds. The number of hydrogen-bond donors (Lipinski definition) is 1. The van der Waals surface area contributed by atoms with E-state index in [-0.39, 0.29) is 17.6 Å². The number of fused-ring (bicyclic) bond motifs is 1. The van der Waals surface area contributed by atoms with Gasteiger partial charge in [0.05, 0.1) is 18.2 Å². The van der Waals surface area contributed by atoms with Gasteiger partial charge < -0.3 is 14.6 Å². The number of ether oxygens (including phenoxy) is 1. The van der Waals surface area contributed by atoms with Gasteiger partial charge in [0.15, 0.2) is 0 Å². The fraction of sp³-hybridized carbons (Fsp3) is 0.333. The number of halogens is 1. The fourth-order valence-corrected chi connectivity index (χ4v) is 2.51. The van der Waals surface area contributed by atoms with Crippen LogP contribution >= 0.6 is 0 Å². The van der Waals surface area contributed by atoms with Crippen molar-refractivity contribution >= 4 is 16.8 Å². The summed E-state index contributed by atoms with van der Waals surface area (Å²) in [6.07, 6.45) is -0.0451. The lowest BCUT2D eigenvalue weighted by Crippen LogP contribution is -2.45. The molecule has 110 valence electrons. The van der Waals surface area contributed by atoms with Gasteiger partial charge in [-0.15, -0.1) is 0 Å². The average molecular weight is 290 g/mol. The van der Waals surface area contributed by atoms with Crippen molar-refractivity contribution in [2.24, 2.45) is 0 Å². The van der Waals surface area contributed by atoms with Crippen LogP contribution in [0.4, 0.5) is 4.39 Å². The van der Waals surface area contributed by atoms with E-state index >= 15 is 0 Å². The lowest BCUT2D eigenvalue weighted by molar-refractivity contribution is -0.0124. The van der Waals surface area contributed by atoms with E-state index in [4.69, 9.17) is 4.74 Å². The number of carbonyl (C=O) groups is 1. The first-order valence-electron chi connectivity index (χ1n) is 6.78. The van der Waals surface area contributed by atoms with Crippen LogP contribution in [0.5, 0.6) is 0 Å². The summed E-state index contributed by atoms with van der Waals surface area (Å²) in [4.78, 5) is 28.7. The SMILES string of the molecule is CC1CN(C(=O)c2cc3ccc(F)cc3[nH]c2=O)CCO1. The zero-order valence-electron chi connectivity index (χ0n) is 11.6. The molecule has 1 saturated heterocycles. The molecular weight excluding hydrogens is 275 g/mol. The molecular formula is C15H15FN2O3. The number of aromatic amines is 1. The lowest BCUT2D eigenvalue weighted by Gasteiger charge is -2.31. The van der Waals surface area contributed by atoms with Crippen molar-refractivity contribution < 1.29 is 13.9 Å². The van der Waals surface area contributed by atoms with Gasteiger partial charge in [-0.3, -0.25) is 9.59 Å². The van der Waals surface area contributed by atoms with Gasteiger partial charge in [-0.2, -0.15) is 0 Å². The third-order valence-corrected chi connectivity index (χ3v) is 3.57. The first kappa shape index (κ1) is 13.8. The minimum atomic E-state index is -0.503. The van der Waals surface area contributed by atoms with E-state index < -0.39 is 11.4 Å². The molecule has 1 N–H and O–H groups in total. The number of amides is 1. The van der Waals surface area contributed by atoms with Gasteiger partial charge in [-0.05, 0) is 36.6 Å². The van der Waals surface area contributed by atoms with Crippen LogP contribution in [0.25, 0.3) is 10.9 Å². The van der Waals surface area contributed by atoms with Crippen molar-refractivity contribution in [2.75, 3.05) is 19.7 Å². The summed E-state index contributed by atoms with van der Waals surface area (Å²) in [5.74, 6) is -0.753. The third kappa shape index (κ3) is 2.67. The van der Waals surface area contributed by atoms with Gasteiger partial charge in [0.25, 0.3) is 11.5 Å². The number of pyridine rings is 1. The highest BCUT2D eigenvalue weighted by molar-refractivity contribution is 5.97. The normalized spacial score (nSPS) is 19.0. The smallest absolute Gasteiger partial charge is 0.261 e. The van der Waals surface area contributed by atoms with Gasteiger partial charge in [0, 0.05) is 13.1 Å². The standard InChI is InChI=1S/C15H15FN2O3/c1-9-8-18(4-5-21-9)15(20)12-6-10-2-3-11(16)7-13(10)17-14(12)19/h2-3,6-7,9H,4-5,8H2,1H3,(H,17,19). The molecule has 1 unspecified atom stereocenters. The molecule has 1 aliphatic heterocycles. The Balaban J connectivity index is 1.99. The predicted molar refractivity (Wildman–Crippen MR) is 75.8 cm³/mol. The number of rotatable bonds is 1. The highest BCUT2D eigenvalue weighted by Crippen LogP contribution is 2.15. The molecule has 1 aliphatic rings. The van der Waals surface area contributed by atoms with E-state index in [1.807, 2.05) is 6.92 Å². The summed E-state index contributed by atoms with van der Waals surface area (Å²) in [5, 5.41) is 0.626. The number of H-pyrrole nitrogens is 1. The van der Waals surface area contributed by atoms with Crippen molar-refractivity contribution in [2.45, 2.75) is 13.0 Å². The molecule has 2 aromatic rings.